The Kier molecular flexibility index (Phi) is 6.07. The molecule has 0 aliphatic heterocycles. The van der Waals surface area contributed by atoms with E-state index >= 15 is 0 Å². The highest BCUT2D eigenvalue weighted by Crippen LogP contribution is 2.24. The first kappa shape index (κ1) is 16.6. The van der Waals surface area contributed by atoms with Crippen molar-refractivity contribution >= 4 is 29.2 Å². The third-order valence-electron chi connectivity index (χ3n) is 3.08. The average molecular weight is 339 g/mol. The monoisotopic (exact) mass is 338 g/mol. The van der Waals surface area contributed by atoms with Crippen LogP contribution in [0.2, 0.25) is 10.0 Å². The van der Waals surface area contributed by atoms with Gasteiger partial charge in [0.2, 0.25) is 0 Å². The van der Waals surface area contributed by atoms with E-state index in [0.29, 0.717) is 10.0 Å². The fourth-order valence-electron chi connectivity index (χ4n) is 2.02. The van der Waals surface area contributed by atoms with E-state index in [1.165, 1.54) is 0 Å². The molecule has 2 amide bonds. The number of amides is 2. The third-order valence-corrected chi connectivity index (χ3v) is 3.58. The molecule has 0 unspecified atom stereocenters. The molecule has 0 fully saturated rings. The summed E-state index contributed by atoms with van der Waals surface area (Å²) in [6, 6.07) is 13.8. The number of aliphatic hydroxyl groups excluding tert-OH is 1. The summed E-state index contributed by atoms with van der Waals surface area (Å²) >= 11 is 11.8. The summed E-state index contributed by atoms with van der Waals surface area (Å²) in [5.74, 6) is 0. The van der Waals surface area contributed by atoms with Gasteiger partial charge in [-0.25, -0.2) is 4.79 Å². The lowest BCUT2D eigenvalue weighted by atomic mass is 9.99. The molecule has 0 saturated heterocycles. The van der Waals surface area contributed by atoms with Crippen molar-refractivity contribution in [1.82, 2.24) is 10.6 Å². The maximum absolute atomic E-state index is 11.9. The van der Waals surface area contributed by atoms with Crippen molar-refractivity contribution in [1.29, 1.82) is 0 Å². The number of hydrogen-bond donors (Lipinski definition) is 3. The highest BCUT2D eigenvalue weighted by Gasteiger charge is 2.16. The van der Waals surface area contributed by atoms with E-state index in [2.05, 4.69) is 10.6 Å². The molecule has 0 saturated carbocycles. The Morgan fingerprint density at radius 3 is 1.82 bits per heavy atom. The molecule has 2 rings (SSSR count). The second-order valence-corrected chi connectivity index (χ2v) is 5.53. The van der Waals surface area contributed by atoms with Gasteiger partial charge < -0.3 is 15.7 Å². The molecule has 0 aliphatic rings. The van der Waals surface area contributed by atoms with Crippen LogP contribution in [-0.2, 0) is 0 Å². The Labute approximate surface area is 139 Å². The quantitative estimate of drug-likeness (QED) is 0.782. The van der Waals surface area contributed by atoms with Gasteiger partial charge in [-0.05, 0) is 35.4 Å². The number of aliphatic hydroxyl groups is 1. The molecule has 0 heterocycles. The number of urea groups is 1. The molecule has 0 atom stereocenters. The van der Waals surface area contributed by atoms with Crippen molar-refractivity contribution in [3.63, 3.8) is 0 Å². The molecular weight excluding hydrogens is 323 g/mol. The minimum atomic E-state index is -0.357. The number of halogens is 2. The number of rotatable bonds is 5. The van der Waals surface area contributed by atoms with E-state index in [9.17, 15) is 4.79 Å². The maximum atomic E-state index is 11.9. The zero-order valence-corrected chi connectivity index (χ0v) is 13.2. The van der Waals surface area contributed by atoms with Gasteiger partial charge >= 0.3 is 6.03 Å². The van der Waals surface area contributed by atoms with Crippen LogP contribution in [0, 0.1) is 0 Å². The van der Waals surface area contributed by atoms with Gasteiger partial charge in [0.1, 0.15) is 0 Å². The molecule has 2 aromatic rings. The second-order valence-electron chi connectivity index (χ2n) is 4.66. The summed E-state index contributed by atoms with van der Waals surface area (Å²) in [5, 5.41) is 15.5. The summed E-state index contributed by atoms with van der Waals surface area (Å²) in [4.78, 5) is 11.9. The number of nitrogens with one attached hydrogen (secondary N) is 2. The maximum Gasteiger partial charge on any atom is 0.315 e. The largest absolute Gasteiger partial charge is 0.395 e. The summed E-state index contributed by atoms with van der Waals surface area (Å²) in [6.45, 7) is 0.0831. The van der Waals surface area contributed by atoms with Crippen molar-refractivity contribution in [2.24, 2.45) is 0 Å². The van der Waals surface area contributed by atoms with Crippen molar-refractivity contribution in [3.8, 4) is 0 Å². The van der Waals surface area contributed by atoms with Gasteiger partial charge in [0.05, 0.1) is 12.6 Å². The molecule has 0 radical (unpaired) electrons. The lowest BCUT2D eigenvalue weighted by Gasteiger charge is -2.20. The fourth-order valence-corrected chi connectivity index (χ4v) is 2.27. The first-order valence-electron chi connectivity index (χ1n) is 6.76. The molecule has 2 aromatic carbocycles. The summed E-state index contributed by atoms with van der Waals surface area (Å²) in [7, 11) is 0. The molecule has 6 heteroatoms. The molecule has 116 valence electrons. The number of carbonyl (C=O) groups is 1. The van der Waals surface area contributed by atoms with Gasteiger partial charge in [0.25, 0.3) is 0 Å². The Morgan fingerprint density at radius 1 is 0.955 bits per heavy atom. The number of carbonyl (C=O) groups excluding carboxylic acids is 1. The molecule has 0 aromatic heterocycles. The summed E-state index contributed by atoms with van der Waals surface area (Å²) in [6.07, 6.45) is 0. The van der Waals surface area contributed by atoms with Crippen LogP contribution in [0.5, 0.6) is 0 Å². The van der Waals surface area contributed by atoms with Crippen LogP contribution in [0.25, 0.3) is 0 Å². The molecule has 0 aliphatic carbocycles. The summed E-state index contributed by atoms with van der Waals surface area (Å²) in [5.41, 5.74) is 1.79. The van der Waals surface area contributed by atoms with Crippen molar-refractivity contribution in [2.75, 3.05) is 13.2 Å². The minimum Gasteiger partial charge on any atom is -0.395 e. The number of hydrogen-bond acceptors (Lipinski definition) is 2. The fraction of sp³-hybridized carbons (Fsp3) is 0.188. The molecule has 0 bridgehead atoms. The summed E-state index contributed by atoms with van der Waals surface area (Å²) < 4.78 is 0. The minimum absolute atomic E-state index is 0.111. The van der Waals surface area contributed by atoms with E-state index < -0.39 is 0 Å². The molecule has 0 spiro atoms. The normalized spacial score (nSPS) is 10.5. The Morgan fingerprint density at radius 2 is 1.41 bits per heavy atom. The van der Waals surface area contributed by atoms with Crippen LogP contribution in [0.1, 0.15) is 17.2 Å². The lowest BCUT2D eigenvalue weighted by Crippen LogP contribution is -2.39. The van der Waals surface area contributed by atoms with E-state index in [4.69, 9.17) is 28.3 Å². The van der Waals surface area contributed by atoms with Crippen LogP contribution in [0.4, 0.5) is 4.79 Å². The van der Waals surface area contributed by atoms with Gasteiger partial charge in [-0.15, -0.1) is 0 Å². The first-order valence-corrected chi connectivity index (χ1v) is 7.52. The van der Waals surface area contributed by atoms with Crippen LogP contribution in [-0.4, -0.2) is 24.3 Å². The van der Waals surface area contributed by atoms with Gasteiger partial charge in [-0.1, -0.05) is 47.5 Å². The molecule has 3 N–H and O–H groups in total. The van der Waals surface area contributed by atoms with Crippen LogP contribution < -0.4 is 10.6 Å². The SMILES string of the molecule is O=C(NCCO)NC(c1ccc(Cl)cc1)c1ccc(Cl)cc1. The van der Waals surface area contributed by atoms with Crippen LogP contribution >= 0.6 is 23.2 Å². The van der Waals surface area contributed by atoms with Gasteiger partial charge in [0, 0.05) is 16.6 Å². The average Bonchev–Trinajstić information content (AvgIpc) is 2.52. The van der Waals surface area contributed by atoms with Crippen LogP contribution in [0.3, 0.4) is 0 Å². The zero-order chi connectivity index (χ0) is 15.9. The van der Waals surface area contributed by atoms with Crippen molar-refractivity contribution in [2.45, 2.75) is 6.04 Å². The molecule has 4 nitrogen and oxygen atoms in total. The Balaban J connectivity index is 2.25. The number of benzene rings is 2. The smallest absolute Gasteiger partial charge is 0.315 e. The second kappa shape index (κ2) is 8.03. The first-order chi connectivity index (χ1) is 10.6. The third kappa shape index (κ3) is 4.63. The van der Waals surface area contributed by atoms with Crippen LogP contribution in [0.15, 0.2) is 48.5 Å². The highest BCUT2D eigenvalue weighted by atomic mass is 35.5. The zero-order valence-electron chi connectivity index (χ0n) is 11.7. The van der Waals surface area contributed by atoms with Crippen molar-refractivity contribution in [3.05, 3.63) is 69.7 Å². The van der Waals surface area contributed by atoms with E-state index in [1.54, 1.807) is 24.3 Å². The predicted octanol–water partition coefficient (Wildman–Crippen LogP) is 3.37. The Hall–Kier alpha value is -1.75. The Bertz CT molecular complexity index is 570. The van der Waals surface area contributed by atoms with Gasteiger partial charge in [0.15, 0.2) is 0 Å². The highest BCUT2D eigenvalue weighted by molar-refractivity contribution is 6.30. The standard InChI is InChI=1S/C16H16Cl2N2O2/c17-13-5-1-11(2-6-13)15(20-16(22)19-9-10-21)12-3-7-14(18)8-4-12/h1-8,15,21H,9-10H2,(H2,19,20,22). The van der Waals surface area contributed by atoms with E-state index in [1.807, 2.05) is 24.3 Å². The molecule has 22 heavy (non-hydrogen) atoms. The predicted molar refractivity (Wildman–Crippen MR) is 88.4 cm³/mol. The van der Waals surface area contributed by atoms with Gasteiger partial charge in [-0.2, -0.15) is 0 Å². The topological polar surface area (TPSA) is 61.4 Å². The molecular formula is C16H16Cl2N2O2. The van der Waals surface area contributed by atoms with E-state index in [-0.39, 0.29) is 25.2 Å². The van der Waals surface area contributed by atoms with E-state index in [0.717, 1.165) is 11.1 Å². The van der Waals surface area contributed by atoms with Crippen molar-refractivity contribution < 1.29 is 9.90 Å². The lowest BCUT2D eigenvalue weighted by molar-refractivity contribution is 0.232. The van der Waals surface area contributed by atoms with Gasteiger partial charge in [-0.3, -0.25) is 0 Å².